The molecule has 1 heterocycles. The van der Waals surface area contributed by atoms with Crippen LogP contribution in [0.5, 0.6) is 0 Å². The van der Waals surface area contributed by atoms with Crippen molar-refractivity contribution in [1.29, 1.82) is 0 Å². The molecule has 1 N–H and O–H groups in total. The Bertz CT molecular complexity index is 318. The van der Waals surface area contributed by atoms with E-state index in [1.165, 1.54) is 0 Å². The quantitative estimate of drug-likeness (QED) is 0.739. The zero-order chi connectivity index (χ0) is 11.9. The average molecular weight is 235 g/mol. The van der Waals surface area contributed by atoms with Gasteiger partial charge in [-0.05, 0) is 12.5 Å². The Morgan fingerprint density at radius 1 is 1.33 bits per heavy atom. The summed E-state index contributed by atoms with van der Waals surface area (Å²) in [5, 5.41) is 9.67. The van der Waals surface area contributed by atoms with Gasteiger partial charge in [-0.25, -0.2) is 8.42 Å². The van der Waals surface area contributed by atoms with Crippen LogP contribution in [-0.2, 0) is 9.84 Å². The van der Waals surface area contributed by atoms with Crippen molar-refractivity contribution < 1.29 is 13.5 Å². The first-order chi connectivity index (χ1) is 6.61. The van der Waals surface area contributed by atoms with Gasteiger partial charge in [0.15, 0.2) is 9.84 Å². The third kappa shape index (κ3) is 3.74. The molecule has 0 radical (unpaired) electrons. The van der Waals surface area contributed by atoms with E-state index < -0.39 is 15.9 Å². The van der Waals surface area contributed by atoms with E-state index in [1.807, 2.05) is 11.9 Å². The summed E-state index contributed by atoms with van der Waals surface area (Å²) in [6.45, 7) is 7.07. The number of aliphatic hydroxyl groups excluding tert-OH is 1. The maximum absolute atomic E-state index is 11.3. The topological polar surface area (TPSA) is 57.6 Å². The largest absolute Gasteiger partial charge is 0.390 e. The van der Waals surface area contributed by atoms with Crippen molar-refractivity contribution in [3.05, 3.63) is 0 Å². The first kappa shape index (κ1) is 12.9. The molecule has 0 aromatic rings. The van der Waals surface area contributed by atoms with Gasteiger partial charge >= 0.3 is 0 Å². The van der Waals surface area contributed by atoms with Crippen molar-refractivity contribution >= 4 is 9.84 Å². The van der Waals surface area contributed by atoms with Crippen LogP contribution in [0.4, 0.5) is 0 Å². The molecule has 1 saturated heterocycles. The molecule has 0 saturated carbocycles. The summed E-state index contributed by atoms with van der Waals surface area (Å²) < 4.78 is 22.7. The smallest absolute Gasteiger partial charge is 0.154 e. The highest BCUT2D eigenvalue weighted by atomic mass is 32.2. The first-order valence-electron chi connectivity index (χ1n) is 5.19. The van der Waals surface area contributed by atoms with Crippen molar-refractivity contribution in [3.63, 3.8) is 0 Å². The molecule has 0 aromatic heterocycles. The molecule has 0 bridgehead atoms. The molecule has 1 aliphatic rings. The van der Waals surface area contributed by atoms with E-state index in [0.717, 1.165) is 6.54 Å². The van der Waals surface area contributed by atoms with Crippen LogP contribution >= 0.6 is 0 Å². The van der Waals surface area contributed by atoms with Crippen molar-refractivity contribution in [3.8, 4) is 0 Å². The van der Waals surface area contributed by atoms with Crippen LogP contribution in [0.15, 0.2) is 0 Å². The van der Waals surface area contributed by atoms with Crippen molar-refractivity contribution in [2.24, 2.45) is 5.41 Å². The summed E-state index contributed by atoms with van der Waals surface area (Å²) in [5.41, 5.74) is 0.112. The highest BCUT2D eigenvalue weighted by Crippen LogP contribution is 2.21. The van der Waals surface area contributed by atoms with Gasteiger partial charge in [0.2, 0.25) is 0 Å². The van der Waals surface area contributed by atoms with Gasteiger partial charge in [0, 0.05) is 6.54 Å². The Balaban J connectivity index is 2.66. The summed E-state index contributed by atoms with van der Waals surface area (Å²) in [6.07, 6.45) is -0.734. The van der Waals surface area contributed by atoms with Gasteiger partial charge in [0.1, 0.15) is 0 Å². The standard InChI is InChI=1S/C10H21NO3S/c1-10(2,3)7-11(4)8-5-15(13,14)6-9(8)12/h8-9,12H,5-7H2,1-4H3. The van der Waals surface area contributed by atoms with E-state index in [4.69, 9.17) is 0 Å². The SMILES string of the molecule is CN(CC(C)(C)C)C1CS(=O)(=O)CC1O. The fraction of sp³-hybridized carbons (Fsp3) is 1.00. The van der Waals surface area contributed by atoms with E-state index >= 15 is 0 Å². The lowest BCUT2D eigenvalue weighted by molar-refractivity contribution is 0.0795. The zero-order valence-electron chi connectivity index (χ0n) is 9.90. The fourth-order valence-corrected chi connectivity index (χ4v) is 3.97. The minimum absolute atomic E-state index is 0.0841. The summed E-state index contributed by atoms with van der Waals surface area (Å²) in [5.74, 6) is -0.00705. The number of sulfone groups is 1. The predicted octanol–water partition coefficient (Wildman–Crippen LogP) is 0.122. The molecule has 1 fully saturated rings. The third-order valence-corrected chi connectivity index (χ3v) is 4.28. The van der Waals surface area contributed by atoms with E-state index in [2.05, 4.69) is 20.8 Å². The average Bonchev–Trinajstić information content (AvgIpc) is 2.20. The molecule has 0 aromatic carbocycles. The first-order valence-corrected chi connectivity index (χ1v) is 7.02. The maximum atomic E-state index is 11.3. The molecular formula is C10H21NO3S. The molecule has 15 heavy (non-hydrogen) atoms. The van der Waals surface area contributed by atoms with Crippen LogP contribution in [0, 0.1) is 5.41 Å². The highest BCUT2D eigenvalue weighted by Gasteiger charge is 2.39. The van der Waals surface area contributed by atoms with E-state index in [9.17, 15) is 13.5 Å². The van der Waals surface area contributed by atoms with Gasteiger partial charge in [-0.15, -0.1) is 0 Å². The Morgan fingerprint density at radius 3 is 2.20 bits per heavy atom. The Morgan fingerprint density at radius 2 is 1.87 bits per heavy atom. The molecule has 1 rings (SSSR count). The zero-order valence-corrected chi connectivity index (χ0v) is 10.7. The number of hydrogen-bond donors (Lipinski definition) is 1. The van der Waals surface area contributed by atoms with Gasteiger partial charge in [0.25, 0.3) is 0 Å². The van der Waals surface area contributed by atoms with Crippen LogP contribution in [0.3, 0.4) is 0 Å². The number of likely N-dealkylation sites (N-methyl/N-ethyl adjacent to an activating group) is 1. The predicted molar refractivity (Wildman–Crippen MR) is 60.5 cm³/mol. The van der Waals surface area contributed by atoms with Gasteiger partial charge in [-0.3, -0.25) is 4.90 Å². The van der Waals surface area contributed by atoms with E-state index in [0.29, 0.717) is 0 Å². The lowest BCUT2D eigenvalue weighted by Gasteiger charge is -2.32. The van der Waals surface area contributed by atoms with Crippen molar-refractivity contribution in [1.82, 2.24) is 4.90 Å². The van der Waals surface area contributed by atoms with Gasteiger partial charge in [-0.1, -0.05) is 20.8 Å². The molecule has 0 spiro atoms. The second kappa shape index (κ2) is 4.03. The number of rotatable bonds is 2. The minimum atomic E-state index is -3.04. The second-order valence-electron chi connectivity index (χ2n) is 5.69. The number of nitrogens with zero attached hydrogens (tertiary/aromatic N) is 1. The van der Waals surface area contributed by atoms with Crippen LogP contribution in [0.2, 0.25) is 0 Å². The summed E-state index contributed by atoms with van der Waals surface area (Å²) in [6, 6.07) is -0.241. The molecule has 2 atom stereocenters. The van der Waals surface area contributed by atoms with Crippen LogP contribution < -0.4 is 0 Å². The van der Waals surface area contributed by atoms with Gasteiger partial charge < -0.3 is 5.11 Å². The monoisotopic (exact) mass is 235 g/mol. The number of hydrogen-bond acceptors (Lipinski definition) is 4. The molecule has 5 heteroatoms. The molecule has 2 unspecified atom stereocenters. The van der Waals surface area contributed by atoms with Gasteiger partial charge in [-0.2, -0.15) is 0 Å². The highest BCUT2D eigenvalue weighted by molar-refractivity contribution is 7.91. The lowest BCUT2D eigenvalue weighted by atomic mass is 9.95. The summed E-state index contributed by atoms with van der Waals surface area (Å²) in [7, 11) is -1.16. The second-order valence-corrected chi connectivity index (χ2v) is 7.84. The molecular weight excluding hydrogens is 214 g/mol. The Kier molecular flexibility index (Phi) is 3.48. The van der Waals surface area contributed by atoms with Crippen LogP contribution in [-0.4, -0.2) is 55.7 Å². The fourth-order valence-electron chi connectivity index (χ4n) is 2.10. The summed E-state index contributed by atoms with van der Waals surface area (Å²) >= 11 is 0. The maximum Gasteiger partial charge on any atom is 0.154 e. The lowest BCUT2D eigenvalue weighted by Crippen LogP contribution is -2.44. The number of aliphatic hydroxyl groups is 1. The molecule has 4 nitrogen and oxygen atoms in total. The van der Waals surface area contributed by atoms with Crippen molar-refractivity contribution in [2.75, 3.05) is 25.1 Å². The Hall–Kier alpha value is -0.130. The molecule has 90 valence electrons. The van der Waals surface area contributed by atoms with Gasteiger partial charge in [0.05, 0.1) is 23.7 Å². The van der Waals surface area contributed by atoms with Crippen molar-refractivity contribution in [2.45, 2.75) is 32.9 Å². The minimum Gasteiger partial charge on any atom is -0.390 e. The van der Waals surface area contributed by atoms with Crippen LogP contribution in [0.25, 0.3) is 0 Å². The summed E-state index contributed by atoms with van der Waals surface area (Å²) in [4.78, 5) is 1.95. The van der Waals surface area contributed by atoms with Crippen LogP contribution in [0.1, 0.15) is 20.8 Å². The third-order valence-electron chi connectivity index (χ3n) is 2.58. The normalized spacial score (nSPS) is 31.1. The molecule has 0 amide bonds. The molecule has 0 aliphatic carbocycles. The molecule has 1 aliphatic heterocycles. The van der Waals surface area contributed by atoms with E-state index in [1.54, 1.807) is 0 Å². The Labute approximate surface area is 92.2 Å². The van der Waals surface area contributed by atoms with E-state index in [-0.39, 0.29) is 23.0 Å².